The Balaban J connectivity index is 0.00000160. The van der Waals surface area contributed by atoms with Gasteiger partial charge in [-0.25, -0.2) is 0 Å². The minimum atomic E-state index is -1.62. The molecule has 0 nitrogen and oxygen atoms in total. The second-order valence-corrected chi connectivity index (χ2v) is 13.9. The summed E-state index contributed by atoms with van der Waals surface area (Å²) in [5, 5.41) is 0. The van der Waals surface area contributed by atoms with E-state index in [1.807, 2.05) is 0 Å². The standard InChI is InChI=1S/C19H21.C5H5.C3H6.2ClH.Ti/c1-12(2)14-5-7-18-16(9-14)11-17-10-15(13(3)4)6-8-19(17)18;1-2-4-5-3-1;1-3-2;;;/h5-13H,1-4H3;1-3H,4H2;1-2H3;2*1H;/q;;;;;+2/p-2. The summed E-state index contributed by atoms with van der Waals surface area (Å²) in [5.41, 5.74) is 9.13. The Morgan fingerprint density at radius 3 is 1.70 bits per heavy atom. The molecule has 0 aliphatic heterocycles. The Labute approximate surface area is 201 Å². The number of fused-ring (bicyclic) bond motifs is 3. The quantitative estimate of drug-likeness (QED) is 0.591. The molecular formula is C27H32Cl2Ti. The zero-order valence-corrected chi connectivity index (χ0v) is 22.0. The van der Waals surface area contributed by atoms with Gasteiger partial charge in [0.2, 0.25) is 0 Å². The van der Waals surface area contributed by atoms with Crippen LogP contribution < -0.4 is 24.8 Å². The van der Waals surface area contributed by atoms with Gasteiger partial charge in [0.25, 0.3) is 0 Å². The first-order chi connectivity index (χ1) is 13.4. The van der Waals surface area contributed by atoms with E-state index in [0.29, 0.717) is 16.1 Å². The van der Waals surface area contributed by atoms with Crippen LogP contribution in [0.1, 0.15) is 86.3 Å². The first-order valence-electron chi connectivity index (χ1n) is 10.7. The molecule has 3 heteroatoms. The Bertz CT molecular complexity index is 964. The topological polar surface area (TPSA) is 0 Å². The molecule has 30 heavy (non-hydrogen) atoms. The largest absolute Gasteiger partial charge is 1.00 e. The third-order valence-electron chi connectivity index (χ3n) is 6.34. The fraction of sp³-hybridized carbons (Fsp3) is 0.370. The molecule has 2 aromatic rings. The number of rotatable bonds is 4. The van der Waals surface area contributed by atoms with Crippen LogP contribution in [0.25, 0.3) is 11.1 Å². The zero-order valence-electron chi connectivity index (χ0n) is 18.9. The molecule has 2 aliphatic rings. The second-order valence-electron chi connectivity index (χ2n) is 9.17. The van der Waals surface area contributed by atoms with E-state index in [9.17, 15) is 0 Å². The third kappa shape index (κ3) is 4.49. The summed E-state index contributed by atoms with van der Waals surface area (Å²) in [6.07, 6.45) is 8.21. The van der Waals surface area contributed by atoms with Gasteiger partial charge in [-0.2, -0.15) is 0 Å². The van der Waals surface area contributed by atoms with Crippen molar-refractivity contribution in [3.63, 3.8) is 0 Å². The van der Waals surface area contributed by atoms with Gasteiger partial charge in [-0.15, -0.1) is 0 Å². The first-order valence-corrected chi connectivity index (χ1v) is 13.2. The van der Waals surface area contributed by atoms with Crippen LogP contribution in [-0.2, 0) is 17.4 Å². The SMILES string of the molecule is C[C](C)=[Ti+2]([C]1=CC=CC1)[CH]1c2cc(C(C)C)ccc2-c2ccc(C(C)C)cc21.[Cl-].[Cl-]. The van der Waals surface area contributed by atoms with E-state index in [2.05, 4.69) is 96.2 Å². The molecule has 4 rings (SSSR count). The number of allylic oxidation sites excluding steroid dienone is 4. The summed E-state index contributed by atoms with van der Waals surface area (Å²) in [6.45, 7) is 14.0. The van der Waals surface area contributed by atoms with E-state index in [0.717, 1.165) is 6.42 Å². The smallest absolute Gasteiger partial charge is 1.00 e. The maximum Gasteiger partial charge on any atom is -1.00 e. The van der Waals surface area contributed by atoms with E-state index >= 15 is 0 Å². The number of halogens is 2. The minimum absolute atomic E-state index is 0. The molecular weight excluding hydrogens is 443 g/mol. The molecule has 0 unspecified atom stereocenters. The molecule has 0 aromatic heterocycles. The fourth-order valence-corrected chi connectivity index (χ4v) is 9.93. The van der Waals surface area contributed by atoms with Crippen LogP contribution >= 0.6 is 0 Å². The van der Waals surface area contributed by atoms with Crippen molar-refractivity contribution in [1.82, 2.24) is 0 Å². The first kappa shape index (κ1) is 25.3. The predicted octanol–water partition coefficient (Wildman–Crippen LogP) is 1.69. The molecule has 2 aliphatic carbocycles. The summed E-state index contributed by atoms with van der Waals surface area (Å²) in [4.78, 5) is 0. The van der Waals surface area contributed by atoms with Crippen LogP contribution in [0, 0.1) is 0 Å². The van der Waals surface area contributed by atoms with Gasteiger partial charge >= 0.3 is 177 Å². The van der Waals surface area contributed by atoms with Gasteiger partial charge in [0.05, 0.1) is 0 Å². The van der Waals surface area contributed by atoms with Gasteiger partial charge in [-0.05, 0) is 0 Å². The van der Waals surface area contributed by atoms with E-state index < -0.39 is 17.4 Å². The van der Waals surface area contributed by atoms with Crippen molar-refractivity contribution < 1.29 is 42.2 Å². The molecule has 2 aromatic carbocycles. The molecule has 158 valence electrons. The maximum atomic E-state index is 2.54. The second kappa shape index (κ2) is 10.1. The van der Waals surface area contributed by atoms with Crippen molar-refractivity contribution in [3.05, 3.63) is 80.8 Å². The fourth-order valence-electron chi connectivity index (χ4n) is 4.77. The van der Waals surface area contributed by atoms with E-state index in [4.69, 9.17) is 0 Å². The van der Waals surface area contributed by atoms with E-state index in [1.54, 1.807) is 18.8 Å². The van der Waals surface area contributed by atoms with Crippen molar-refractivity contribution in [2.45, 2.75) is 64.0 Å². The van der Waals surface area contributed by atoms with Crippen LogP contribution in [0.5, 0.6) is 0 Å². The van der Waals surface area contributed by atoms with Gasteiger partial charge in [-0.1, -0.05) is 0 Å². The van der Waals surface area contributed by atoms with Crippen LogP contribution in [0.2, 0.25) is 0 Å². The number of benzene rings is 2. The predicted molar refractivity (Wildman–Crippen MR) is 120 cm³/mol. The summed E-state index contributed by atoms with van der Waals surface area (Å²) in [6, 6.07) is 14.6. The molecule has 0 saturated carbocycles. The van der Waals surface area contributed by atoms with Crippen LogP contribution in [0.15, 0.2) is 58.5 Å². The zero-order chi connectivity index (χ0) is 20.0. The average molecular weight is 475 g/mol. The Hall–Kier alpha value is -0.916. The summed E-state index contributed by atoms with van der Waals surface area (Å²) < 4.78 is 4.01. The number of hydrogen-bond acceptors (Lipinski definition) is 0. The minimum Gasteiger partial charge on any atom is -1.00 e. The van der Waals surface area contributed by atoms with Crippen molar-refractivity contribution >= 4 is 3.81 Å². The van der Waals surface area contributed by atoms with Crippen molar-refractivity contribution in [2.75, 3.05) is 0 Å². The van der Waals surface area contributed by atoms with Crippen molar-refractivity contribution in [3.8, 4) is 11.1 Å². The van der Waals surface area contributed by atoms with Crippen molar-refractivity contribution in [1.29, 1.82) is 0 Å². The Morgan fingerprint density at radius 2 is 1.33 bits per heavy atom. The normalized spacial score (nSPS) is 13.9. The molecule has 0 fully saturated rings. The average Bonchev–Trinajstić information content (AvgIpc) is 3.28. The molecule has 0 amide bonds. The van der Waals surface area contributed by atoms with Crippen molar-refractivity contribution in [2.24, 2.45) is 0 Å². The van der Waals surface area contributed by atoms with E-state index in [-0.39, 0.29) is 24.8 Å². The van der Waals surface area contributed by atoms with Gasteiger partial charge < -0.3 is 24.8 Å². The monoisotopic (exact) mass is 474 g/mol. The molecule has 0 radical (unpaired) electrons. The maximum absolute atomic E-state index is 2.54. The van der Waals surface area contributed by atoms with Crippen LogP contribution in [-0.4, -0.2) is 3.81 Å². The molecule has 0 spiro atoms. The molecule has 0 atom stereocenters. The van der Waals surface area contributed by atoms with Crippen LogP contribution in [0.3, 0.4) is 0 Å². The molecule has 0 heterocycles. The van der Waals surface area contributed by atoms with E-state index in [1.165, 1.54) is 22.3 Å². The number of hydrogen-bond donors (Lipinski definition) is 0. The molecule has 0 N–H and O–H groups in total. The van der Waals surface area contributed by atoms with Crippen LogP contribution in [0.4, 0.5) is 0 Å². The van der Waals surface area contributed by atoms with Gasteiger partial charge in [0.15, 0.2) is 0 Å². The molecule has 0 bridgehead atoms. The Kier molecular flexibility index (Phi) is 8.56. The van der Waals surface area contributed by atoms with Gasteiger partial charge in [0, 0.05) is 0 Å². The summed E-state index contributed by atoms with van der Waals surface area (Å²) >= 11 is -1.62. The third-order valence-corrected chi connectivity index (χ3v) is 11.6. The Morgan fingerprint density at radius 1 is 0.833 bits per heavy atom. The van der Waals surface area contributed by atoms with Gasteiger partial charge in [-0.3, -0.25) is 0 Å². The molecule has 0 saturated heterocycles. The van der Waals surface area contributed by atoms with Gasteiger partial charge in [0.1, 0.15) is 0 Å². The summed E-state index contributed by atoms with van der Waals surface area (Å²) in [5.74, 6) is 1.15. The summed E-state index contributed by atoms with van der Waals surface area (Å²) in [7, 11) is 0.